The fraction of sp³-hybridized carbons (Fsp3) is 0.0833. The first-order valence-corrected chi connectivity index (χ1v) is 5.23. The minimum Gasteiger partial charge on any atom is -0.438 e. The number of ether oxygens (including phenoxy) is 1. The summed E-state index contributed by atoms with van der Waals surface area (Å²) in [6.45, 7) is -0.00655. The minimum absolute atomic E-state index is 0.00655. The molecule has 1 heterocycles. The molecule has 0 radical (unpaired) electrons. The van der Waals surface area contributed by atoms with Crippen molar-refractivity contribution >= 4 is 5.84 Å². The second-order valence-electron chi connectivity index (χ2n) is 3.56. The van der Waals surface area contributed by atoms with Crippen LogP contribution in [0.2, 0.25) is 0 Å². The van der Waals surface area contributed by atoms with Crippen molar-refractivity contribution < 1.29 is 9.84 Å². The monoisotopic (exact) mass is 244 g/mol. The quantitative estimate of drug-likeness (QED) is 0.550. The van der Waals surface area contributed by atoms with Crippen molar-refractivity contribution in [3.05, 3.63) is 47.9 Å². The maximum Gasteiger partial charge on any atom is 0.237 e. The second kappa shape index (κ2) is 5.24. The molecule has 2 rings (SSSR count). The third-order valence-corrected chi connectivity index (χ3v) is 2.23. The van der Waals surface area contributed by atoms with Gasteiger partial charge < -0.3 is 15.6 Å². The highest BCUT2D eigenvalue weighted by atomic mass is 16.5. The zero-order valence-corrected chi connectivity index (χ0v) is 9.50. The number of aliphatic hydroxyl groups excluding tert-OH is 1. The zero-order valence-electron chi connectivity index (χ0n) is 9.50. The van der Waals surface area contributed by atoms with E-state index in [1.807, 2.05) is 0 Å². The highest BCUT2D eigenvalue weighted by Crippen LogP contribution is 2.18. The lowest BCUT2D eigenvalue weighted by molar-refractivity contribution is 0.281. The molecule has 1 aromatic heterocycles. The number of hydrogen-bond donors (Lipinski definition) is 3. The number of rotatable bonds is 4. The van der Waals surface area contributed by atoms with Gasteiger partial charge in [-0.25, -0.2) is 9.97 Å². The molecule has 0 saturated carbocycles. The normalized spacial score (nSPS) is 10.1. The summed E-state index contributed by atoms with van der Waals surface area (Å²) < 4.78 is 5.45. The number of benzene rings is 1. The van der Waals surface area contributed by atoms with Crippen molar-refractivity contribution in [2.24, 2.45) is 5.73 Å². The van der Waals surface area contributed by atoms with Crippen molar-refractivity contribution in [1.29, 1.82) is 5.41 Å². The largest absolute Gasteiger partial charge is 0.438 e. The maximum atomic E-state index is 8.91. The zero-order chi connectivity index (χ0) is 13.0. The van der Waals surface area contributed by atoms with Crippen LogP contribution in [0.5, 0.6) is 11.6 Å². The fourth-order valence-electron chi connectivity index (χ4n) is 1.29. The Bertz CT molecular complexity index is 537. The predicted octanol–water partition coefficient (Wildman–Crippen LogP) is 1.05. The molecule has 0 aliphatic heterocycles. The van der Waals surface area contributed by atoms with Gasteiger partial charge in [-0.05, 0) is 17.7 Å². The van der Waals surface area contributed by atoms with Crippen molar-refractivity contribution in [2.75, 3.05) is 0 Å². The second-order valence-corrected chi connectivity index (χ2v) is 3.56. The van der Waals surface area contributed by atoms with Crippen LogP contribution in [0.25, 0.3) is 0 Å². The molecule has 0 bridgehead atoms. The number of aliphatic hydroxyl groups is 1. The number of nitrogens with two attached hydrogens (primary N) is 1. The van der Waals surface area contributed by atoms with Gasteiger partial charge in [-0.2, -0.15) is 0 Å². The molecule has 0 saturated heterocycles. The van der Waals surface area contributed by atoms with Crippen LogP contribution in [-0.2, 0) is 6.61 Å². The van der Waals surface area contributed by atoms with Gasteiger partial charge in [-0.15, -0.1) is 0 Å². The Kier molecular flexibility index (Phi) is 3.49. The highest BCUT2D eigenvalue weighted by Gasteiger charge is 2.02. The van der Waals surface area contributed by atoms with Crippen LogP contribution in [0, 0.1) is 5.41 Å². The van der Waals surface area contributed by atoms with E-state index in [1.165, 1.54) is 12.4 Å². The maximum absolute atomic E-state index is 8.91. The Morgan fingerprint density at radius 3 is 2.44 bits per heavy atom. The molecule has 6 nitrogen and oxygen atoms in total. The third-order valence-electron chi connectivity index (χ3n) is 2.23. The number of amidine groups is 1. The molecule has 4 N–H and O–H groups in total. The van der Waals surface area contributed by atoms with Crippen LogP contribution in [0.1, 0.15) is 11.3 Å². The lowest BCUT2D eigenvalue weighted by atomic mass is 10.2. The van der Waals surface area contributed by atoms with Crippen LogP contribution >= 0.6 is 0 Å². The average molecular weight is 244 g/mol. The summed E-state index contributed by atoms with van der Waals surface area (Å²) >= 11 is 0. The topological polar surface area (TPSA) is 105 Å². The van der Waals surface area contributed by atoms with Gasteiger partial charge in [0.25, 0.3) is 0 Å². The molecule has 18 heavy (non-hydrogen) atoms. The average Bonchev–Trinajstić information content (AvgIpc) is 2.40. The van der Waals surface area contributed by atoms with Gasteiger partial charge in [-0.3, -0.25) is 5.41 Å². The first-order chi connectivity index (χ1) is 8.69. The van der Waals surface area contributed by atoms with Crippen LogP contribution in [0.4, 0.5) is 0 Å². The van der Waals surface area contributed by atoms with Crippen molar-refractivity contribution in [2.45, 2.75) is 6.61 Å². The van der Waals surface area contributed by atoms with Crippen LogP contribution < -0.4 is 10.5 Å². The first-order valence-electron chi connectivity index (χ1n) is 5.23. The van der Waals surface area contributed by atoms with E-state index in [-0.39, 0.29) is 12.4 Å². The molecule has 0 aliphatic rings. The summed E-state index contributed by atoms with van der Waals surface area (Å²) in [4.78, 5) is 7.91. The van der Waals surface area contributed by atoms with Gasteiger partial charge in [0.2, 0.25) is 5.88 Å². The van der Waals surface area contributed by atoms with Crippen LogP contribution in [0.3, 0.4) is 0 Å². The SMILES string of the molecule is N=C(N)c1cnc(Oc2ccc(CO)cc2)cn1. The first kappa shape index (κ1) is 12.0. The van der Waals surface area contributed by atoms with Gasteiger partial charge >= 0.3 is 0 Å². The van der Waals surface area contributed by atoms with Gasteiger partial charge in [0, 0.05) is 0 Å². The molecule has 0 fully saturated rings. The van der Waals surface area contributed by atoms with Crippen LogP contribution in [-0.4, -0.2) is 20.9 Å². The van der Waals surface area contributed by atoms with E-state index in [4.69, 9.17) is 21.0 Å². The summed E-state index contributed by atoms with van der Waals surface area (Å²) in [5.41, 5.74) is 6.37. The predicted molar refractivity (Wildman–Crippen MR) is 65.5 cm³/mol. The molecule has 92 valence electrons. The summed E-state index contributed by atoms with van der Waals surface area (Å²) in [6, 6.07) is 6.97. The Labute approximate surface area is 104 Å². The van der Waals surface area contributed by atoms with Gasteiger partial charge in [0.15, 0.2) is 0 Å². The highest BCUT2D eigenvalue weighted by molar-refractivity contribution is 5.92. The molecule has 0 aliphatic carbocycles. The molecule has 0 atom stereocenters. The molecule has 6 heteroatoms. The minimum atomic E-state index is -0.138. The molecule has 1 aromatic carbocycles. The molecular formula is C12H12N4O2. The van der Waals surface area contributed by atoms with E-state index in [2.05, 4.69) is 9.97 Å². The van der Waals surface area contributed by atoms with Crippen LogP contribution in [0.15, 0.2) is 36.7 Å². The fourth-order valence-corrected chi connectivity index (χ4v) is 1.29. The van der Waals surface area contributed by atoms with Crippen molar-refractivity contribution in [1.82, 2.24) is 9.97 Å². The van der Waals surface area contributed by atoms with Gasteiger partial charge in [0.05, 0.1) is 19.0 Å². The molecule has 2 aromatic rings. The standard InChI is InChI=1S/C12H12N4O2/c13-12(14)10-5-16-11(6-15-10)18-9-3-1-8(7-17)2-4-9/h1-6,17H,7H2,(H3,13,14). The van der Waals surface area contributed by atoms with E-state index < -0.39 is 0 Å². The molecule has 0 unspecified atom stereocenters. The summed E-state index contributed by atoms with van der Waals surface area (Å²) in [6.07, 6.45) is 2.77. The number of nitrogens with one attached hydrogen (secondary N) is 1. The summed E-state index contributed by atoms with van der Waals surface area (Å²) in [7, 11) is 0. The molecule has 0 spiro atoms. The van der Waals surface area contributed by atoms with E-state index >= 15 is 0 Å². The number of nitrogens with zero attached hydrogens (tertiary/aromatic N) is 2. The number of nitrogen functional groups attached to an aromatic ring is 1. The number of hydrogen-bond acceptors (Lipinski definition) is 5. The Morgan fingerprint density at radius 1 is 1.22 bits per heavy atom. The van der Waals surface area contributed by atoms with E-state index in [0.29, 0.717) is 17.3 Å². The lowest BCUT2D eigenvalue weighted by Crippen LogP contribution is -2.13. The molecular weight excluding hydrogens is 232 g/mol. The van der Waals surface area contributed by atoms with Gasteiger partial charge in [-0.1, -0.05) is 12.1 Å². The number of aromatic nitrogens is 2. The van der Waals surface area contributed by atoms with E-state index in [1.54, 1.807) is 24.3 Å². The van der Waals surface area contributed by atoms with E-state index in [0.717, 1.165) is 5.56 Å². The Morgan fingerprint density at radius 2 is 1.94 bits per heavy atom. The Hall–Kier alpha value is -2.47. The van der Waals surface area contributed by atoms with Crippen molar-refractivity contribution in [3.8, 4) is 11.6 Å². The lowest BCUT2D eigenvalue weighted by Gasteiger charge is -2.05. The smallest absolute Gasteiger partial charge is 0.237 e. The van der Waals surface area contributed by atoms with Gasteiger partial charge in [0.1, 0.15) is 17.3 Å². The summed E-state index contributed by atoms with van der Waals surface area (Å²) in [5, 5.41) is 16.1. The third kappa shape index (κ3) is 2.80. The molecule has 0 amide bonds. The van der Waals surface area contributed by atoms with E-state index in [9.17, 15) is 0 Å². The summed E-state index contributed by atoms with van der Waals surface area (Å²) in [5.74, 6) is 0.773. The van der Waals surface area contributed by atoms with Crippen molar-refractivity contribution in [3.63, 3.8) is 0 Å². The Balaban J connectivity index is 2.10.